The van der Waals surface area contributed by atoms with Crippen molar-refractivity contribution in [1.82, 2.24) is 0 Å². The van der Waals surface area contributed by atoms with Gasteiger partial charge in [-0.05, 0) is 36.8 Å². The van der Waals surface area contributed by atoms with Crippen LogP contribution < -0.4 is 15.4 Å². The third kappa shape index (κ3) is 5.16. The molecule has 176 valence electrons. The van der Waals surface area contributed by atoms with Crippen molar-refractivity contribution in [2.75, 3.05) is 24.9 Å². The highest BCUT2D eigenvalue weighted by Crippen LogP contribution is 2.35. The summed E-state index contributed by atoms with van der Waals surface area (Å²) in [6.45, 7) is 1.55. The van der Waals surface area contributed by atoms with Gasteiger partial charge in [-0.1, -0.05) is 17.7 Å². The number of hydrogen-bond donors (Lipinski definition) is 2. The fourth-order valence-corrected chi connectivity index (χ4v) is 4.30. The first-order valence-electron chi connectivity index (χ1n) is 9.58. The standard InChI is InChI=1S/C22H18ClN3O7S/c1-11-17(22(29)33-3)21(25-19(27)12-7-8-15(23)16(9-12)26(30)31)34-18(11)20(28)24-13-5-4-6-14(10-13)32-2/h4-10H,1-3H3,(H,24,28)(H,25,27). The van der Waals surface area contributed by atoms with Crippen LogP contribution in [0.3, 0.4) is 0 Å². The van der Waals surface area contributed by atoms with Crippen molar-refractivity contribution in [3.8, 4) is 5.75 Å². The zero-order valence-corrected chi connectivity index (χ0v) is 19.7. The van der Waals surface area contributed by atoms with Gasteiger partial charge in [-0.3, -0.25) is 19.7 Å². The number of methoxy groups -OCH3 is 2. The Morgan fingerprint density at radius 1 is 1.06 bits per heavy atom. The lowest BCUT2D eigenvalue weighted by molar-refractivity contribution is -0.384. The Hall–Kier alpha value is -3.96. The van der Waals surface area contributed by atoms with E-state index in [9.17, 15) is 24.5 Å². The maximum atomic E-state index is 12.9. The van der Waals surface area contributed by atoms with Gasteiger partial charge in [0.05, 0.1) is 29.6 Å². The summed E-state index contributed by atoms with van der Waals surface area (Å²) in [4.78, 5) is 48.7. The number of amides is 2. The van der Waals surface area contributed by atoms with Gasteiger partial charge in [-0.25, -0.2) is 4.79 Å². The lowest BCUT2D eigenvalue weighted by Gasteiger charge is -2.07. The Kier molecular flexibility index (Phi) is 7.49. The normalized spacial score (nSPS) is 10.4. The number of anilines is 2. The third-order valence-corrected chi connectivity index (χ3v) is 6.23. The molecule has 10 nitrogen and oxygen atoms in total. The number of thiophene rings is 1. The number of benzene rings is 2. The molecular weight excluding hydrogens is 486 g/mol. The van der Waals surface area contributed by atoms with Crippen LogP contribution in [-0.2, 0) is 4.74 Å². The molecule has 0 fully saturated rings. The second-order valence-corrected chi connectivity index (χ2v) is 8.24. The highest BCUT2D eigenvalue weighted by atomic mass is 35.5. The van der Waals surface area contributed by atoms with Crippen LogP contribution in [0.4, 0.5) is 16.4 Å². The molecule has 1 heterocycles. The number of nitrogens with one attached hydrogen (secondary N) is 2. The zero-order chi connectivity index (χ0) is 25.0. The molecule has 2 aromatic carbocycles. The van der Waals surface area contributed by atoms with Crippen molar-refractivity contribution in [2.45, 2.75) is 6.92 Å². The Morgan fingerprint density at radius 3 is 2.44 bits per heavy atom. The van der Waals surface area contributed by atoms with Gasteiger partial charge >= 0.3 is 5.97 Å². The van der Waals surface area contributed by atoms with Gasteiger partial charge in [0.25, 0.3) is 17.5 Å². The van der Waals surface area contributed by atoms with Gasteiger partial charge in [-0.15, -0.1) is 11.3 Å². The molecule has 0 aliphatic carbocycles. The lowest BCUT2D eigenvalue weighted by Crippen LogP contribution is -2.14. The van der Waals surface area contributed by atoms with Crippen LogP contribution in [0.5, 0.6) is 5.75 Å². The van der Waals surface area contributed by atoms with E-state index in [-0.39, 0.29) is 26.0 Å². The third-order valence-electron chi connectivity index (χ3n) is 4.70. The first-order chi connectivity index (χ1) is 16.2. The van der Waals surface area contributed by atoms with Gasteiger partial charge in [0.1, 0.15) is 15.8 Å². The molecule has 0 aliphatic rings. The molecule has 2 amide bonds. The van der Waals surface area contributed by atoms with Gasteiger partial charge in [-0.2, -0.15) is 0 Å². The number of esters is 1. The number of nitro groups is 1. The second-order valence-electron chi connectivity index (χ2n) is 6.82. The Morgan fingerprint density at radius 2 is 1.79 bits per heavy atom. The molecule has 0 atom stereocenters. The summed E-state index contributed by atoms with van der Waals surface area (Å²) in [5.41, 5.74) is 0.272. The molecule has 0 unspecified atom stereocenters. The smallest absolute Gasteiger partial charge is 0.341 e. The van der Waals surface area contributed by atoms with Crippen molar-refractivity contribution in [3.63, 3.8) is 0 Å². The molecule has 34 heavy (non-hydrogen) atoms. The van der Waals surface area contributed by atoms with E-state index in [1.807, 2.05) is 0 Å². The number of carbonyl (C=O) groups is 3. The largest absolute Gasteiger partial charge is 0.497 e. The van der Waals surface area contributed by atoms with Gasteiger partial charge in [0.15, 0.2) is 0 Å². The molecule has 12 heteroatoms. The molecule has 0 spiro atoms. The number of nitrogens with zero attached hydrogens (tertiary/aromatic N) is 1. The number of halogens is 1. The van der Waals surface area contributed by atoms with E-state index in [0.717, 1.165) is 17.4 Å². The van der Waals surface area contributed by atoms with Crippen LogP contribution >= 0.6 is 22.9 Å². The quantitative estimate of drug-likeness (QED) is 0.265. The second kappa shape index (κ2) is 10.3. The molecular formula is C22H18ClN3O7S. The number of rotatable bonds is 7. The minimum atomic E-state index is -0.758. The highest BCUT2D eigenvalue weighted by Gasteiger charge is 2.27. The molecule has 1 aromatic heterocycles. The van der Waals surface area contributed by atoms with Crippen LogP contribution in [0.15, 0.2) is 42.5 Å². The van der Waals surface area contributed by atoms with Crippen LogP contribution in [-0.4, -0.2) is 36.9 Å². The minimum Gasteiger partial charge on any atom is -0.497 e. The predicted molar refractivity (Wildman–Crippen MR) is 127 cm³/mol. The molecule has 0 saturated heterocycles. The van der Waals surface area contributed by atoms with E-state index in [0.29, 0.717) is 17.0 Å². The summed E-state index contributed by atoms with van der Waals surface area (Å²) in [5.74, 6) is -1.46. The first kappa shape index (κ1) is 24.7. The summed E-state index contributed by atoms with van der Waals surface area (Å²) in [5, 5.41) is 16.3. The number of hydrogen-bond acceptors (Lipinski definition) is 8. The fourth-order valence-electron chi connectivity index (χ4n) is 3.02. The molecule has 0 saturated carbocycles. The van der Waals surface area contributed by atoms with E-state index in [4.69, 9.17) is 21.1 Å². The Bertz CT molecular complexity index is 1310. The van der Waals surface area contributed by atoms with Crippen LogP contribution in [0.1, 0.15) is 36.0 Å². The lowest BCUT2D eigenvalue weighted by atomic mass is 10.1. The number of carbonyl (C=O) groups excluding carboxylic acids is 3. The van der Waals surface area contributed by atoms with Crippen LogP contribution in [0.25, 0.3) is 0 Å². The molecule has 0 aliphatic heterocycles. The fraction of sp³-hybridized carbons (Fsp3) is 0.136. The number of nitro benzene ring substituents is 1. The summed E-state index contributed by atoms with van der Waals surface area (Å²) >= 11 is 6.67. The van der Waals surface area contributed by atoms with E-state index < -0.39 is 28.4 Å². The van der Waals surface area contributed by atoms with E-state index in [1.165, 1.54) is 26.4 Å². The first-order valence-corrected chi connectivity index (χ1v) is 10.8. The predicted octanol–water partition coefficient (Wildman–Crippen LogP) is 4.92. The molecule has 2 N–H and O–H groups in total. The maximum absolute atomic E-state index is 12.9. The van der Waals surface area contributed by atoms with Crippen molar-refractivity contribution < 1.29 is 28.8 Å². The maximum Gasteiger partial charge on any atom is 0.341 e. The van der Waals surface area contributed by atoms with Crippen LogP contribution in [0, 0.1) is 17.0 Å². The summed E-state index contributed by atoms with van der Waals surface area (Å²) in [6, 6.07) is 10.3. The summed E-state index contributed by atoms with van der Waals surface area (Å²) in [6.07, 6.45) is 0. The minimum absolute atomic E-state index is 0.0000977. The topological polar surface area (TPSA) is 137 Å². The summed E-state index contributed by atoms with van der Waals surface area (Å²) < 4.78 is 9.96. The van der Waals surface area contributed by atoms with E-state index in [1.54, 1.807) is 31.2 Å². The summed E-state index contributed by atoms with van der Waals surface area (Å²) in [7, 11) is 2.67. The molecule has 3 aromatic rings. The van der Waals surface area contributed by atoms with Crippen molar-refractivity contribution in [1.29, 1.82) is 0 Å². The average molecular weight is 504 g/mol. The SMILES string of the molecule is COC(=O)c1c(NC(=O)c2ccc(Cl)c([N+](=O)[O-])c2)sc(C(=O)Nc2cccc(OC)c2)c1C. The van der Waals surface area contributed by atoms with E-state index in [2.05, 4.69) is 10.6 Å². The number of ether oxygens (including phenoxy) is 2. The van der Waals surface area contributed by atoms with E-state index >= 15 is 0 Å². The Balaban J connectivity index is 1.94. The Labute approximate surface area is 202 Å². The highest BCUT2D eigenvalue weighted by molar-refractivity contribution is 7.19. The van der Waals surface area contributed by atoms with Gasteiger partial charge in [0, 0.05) is 23.4 Å². The monoisotopic (exact) mass is 503 g/mol. The average Bonchev–Trinajstić information content (AvgIpc) is 3.14. The van der Waals surface area contributed by atoms with Gasteiger partial charge < -0.3 is 20.1 Å². The van der Waals surface area contributed by atoms with Crippen molar-refractivity contribution in [3.05, 3.63) is 79.2 Å². The van der Waals surface area contributed by atoms with Crippen molar-refractivity contribution >= 4 is 57.1 Å². The zero-order valence-electron chi connectivity index (χ0n) is 18.1. The van der Waals surface area contributed by atoms with Crippen LogP contribution in [0.2, 0.25) is 5.02 Å². The molecule has 0 radical (unpaired) electrons. The molecule has 0 bridgehead atoms. The molecule has 3 rings (SSSR count). The van der Waals surface area contributed by atoms with Crippen molar-refractivity contribution in [2.24, 2.45) is 0 Å². The van der Waals surface area contributed by atoms with Gasteiger partial charge in [0.2, 0.25) is 0 Å².